The molecule has 2 heterocycles. The molecule has 5 nitrogen and oxygen atoms in total. The molecule has 20 heavy (non-hydrogen) atoms. The lowest BCUT2D eigenvalue weighted by Gasteiger charge is -2.09. The van der Waals surface area contributed by atoms with Crippen LogP contribution in [0.25, 0.3) is 0 Å². The number of rotatable bonds is 8. The van der Waals surface area contributed by atoms with E-state index in [1.54, 1.807) is 6.07 Å². The molecule has 1 aliphatic rings. The predicted octanol–water partition coefficient (Wildman–Crippen LogP) is 1.36. The number of thiophene rings is 1. The maximum atomic E-state index is 12.2. The minimum Gasteiger partial charge on any atom is -0.380 e. The van der Waals surface area contributed by atoms with Gasteiger partial charge >= 0.3 is 0 Å². The quantitative estimate of drug-likeness (QED) is 0.710. The van der Waals surface area contributed by atoms with Crippen molar-refractivity contribution in [2.45, 2.75) is 36.4 Å². The normalized spacial score (nSPS) is 19.6. The lowest BCUT2D eigenvalue weighted by atomic mass is 10.3. The monoisotopic (exact) mass is 318 g/mol. The summed E-state index contributed by atoms with van der Waals surface area (Å²) in [5.74, 6) is 0. The van der Waals surface area contributed by atoms with Crippen molar-refractivity contribution < 1.29 is 13.2 Å². The van der Waals surface area contributed by atoms with E-state index in [0.29, 0.717) is 17.4 Å². The molecule has 0 radical (unpaired) electrons. The van der Waals surface area contributed by atoms with Crippen molar-refractivity contribution in [2.24, 2.45) is 0 Å². The van der Waals surface area contributed by atoms with Crippen LogP contribution >= 0.6 is 11.3 Å². The highest BCUT2D eigenvalue weighted by Gasteiger charge is 2.24. The van der Waals surface area contributed by atoms with Gasteiger partial charge in [0.2, 0.25) is 10.0 Å². The minimum atomic E-state index is -3.39. The predicted molar refractivity (Wildman–Crippen MR) is 80.7 cm³/mol. The van der Waals surface area contributed by atoms with Gasteiger partial charge in [-0.05, 0) is 44.5 Å². The highest BCUT2D eigenvalue weighted by molar-refractivity contribution is 7.91. The Kier molecular flexibility index (Phi) is 5.98. The van der Waals surface area contributed by atoms with E-state index in [9.17, 15) is 8.42 Å². The summed E-state index contributed by atoms with van der Waals surface area (Å²) in [5.41, 5.74) is 0. The molecule has 1 atom stereocenters. The van der Waals surface area contributed by atoms with E-state index in [4.69, 9.17) is 4.74 Å². The Morgan fingerprint density at radius 3 is 2.95 bits per heavy atom. The van der Waals surface area contributed by atoms with Crippen LogP contribution in [0, 0.1) is 0 Å². The van der Waals surface area contributed by atoms with Crippen molar-refractivity contribution in [2.75, 3.05) is 26.3 Å². The Balaban J connectivity index is 1.89. The molecule has 0 amide bonds. The zero-order chi connectivity index (χ0) is 14.4. The first kappa shape index (κ1) is 15.9. The molecule has 2 rings (SSSR count). The fourth-order valence-corrected chi connectivity index (χ4v) is 4.68. The van der Waals surface area contributed by atoms with Crippen LogP contribution in [0.5, 0.6) is 0 Å². The zero-order valence-electron chi connectivity index (χ0n) is 11.7. The summed E-state index contributed by atoms with van der Waals surface area (Å²) in [7, 11) is -3.39. The fourth-order valence-electron chi connectivity index (χ4n) is 2.06. The van der Waals surface area contributed by atoms with Crippen molar-refractivity contribution in [1.82, 2.24) is 10.0 Å². The number of ether oxygens (including phenoxy) is 1. The molecule has 1 aromatic rings. The first-order valence-corrected chi connectivity index (χ1v) is 9.31. The van der Waals surface area contributed by atoms with Crippen LogP contribution < -0.4 is 10.0 Å². The van der Waals surface area contributed by atoms with Gasteiger partial charge in [-0.15, -0.1) is 11.3 Å². The molecular formula is C13H22N2O3S2. The van der Waals surface area contributed by atoms with Crippen molar-refractivity contribution in [3.8, 4) is 0 Å². The Morgan fingerprint density at radius 1 is 1.40 bits per heavy atom. The van der Waals surface area contributed by atoms with Gasteiger partial charge in [0.25, 0.3) is 0 Å². The lowest BCUT2D eigenvalue weighted by Crippen LogP contribution is -2.34. The number of nitrogens with one attached hydrogen (secondary N) is 2. The van der Waals surface area contributed by atoms with Gasteiger partial charge in [-0.1, -0.05) is 6.92 Å². The number of hydrogen-bond donors (Lipinski definition) is 2. The topological polar surface area (TPSA) is 67.4 Å². The Morgan fingerprint density at radius 2 is 2.25 bits per heavy atom. The maximum absolute atomic E-state index is 12.2. The molecule has 1 aromatic heterocycles. The van der Waals surface area contributed by atoms with Gasteiger partial charge in [0.15, 0.2) is 0 Å². The maximum Gasteiger partial charge on any atom is 0.250 e. The molecule has 114 valence electrons. The molecule has 0 bridgehead atoms. The van der Waals surface area contributed by atoms with Gasteiger partial charge < -0.3 is 10.1 Å². The van der Waals surface area contributed by atoms with Gasteiger partial charge in [-0.3, -0.25) is 0 Å². The second-order valence-electron chi connectivity index (χ2n) is 4.90. The third-order valence-corrected chi connectivity index (χ3v) is 6.29. The summed E-state index contributed by atoms with van der Waals surface area (Å²) >= 11 is 1.35. The molecule has 0 saturated carbocycles. The van der Waals surface area contributed by atoms with Crippen molar-refractivity contribution in [3.63, 3.8) is 0 Å². The van der Waals surface area contributed by atoms with Crippen LogP contribution in [0.3, 0.4) is 0 Å². The molecular weight excluding hydrogens is 296 g/mol. The summed E-state index contributed by atoms with van der Waals surface area (Å²) < 4.78 is 32.7. The summed E-state index contributed by atoms with van der Waals surface area (Å²) in [6.45, 7) is 5.11. The Bertz CT molecular complexity index is 507. The molecule has 0 spiro atoms. The summed E-state index contributed by atoms with van der Waals surface area (Å²) in [4.78, 5) is 1.09. The first-order chi connectivity index (χ1) is 9.62. The minimum absolute atomic E-state index is 0.0863. The van der Waals surface area contributed by atoms with Crippen LogP contribution in [-0.2, 0) is 21.2 Å². The molecule has 1 fully saturated rings. The zero-order valence-corrected chi connectivity index (χ0v) is 13.4. The van der Waals surface area contributed by atoms with Crippen molar-refractivity contribution in [1.29, 1.82) is 0 Å². The third kappa shape index (κ3) is 4.53. The fraction of sp³-hybridized carbons (Fsp3) is 0.692. The smallest absolute Gasteiger partial charge is 0.250 e. The summed E-state index contributed by atoms with van der Waals surface area (Å²) in [5, 5.41) is 3.32. The largest absolute Gasteiger partial charge is 0.380 e. The molecule has 2 N–H and O–H groups in total. The first-order valence-electron chi connectivity index (χ1n) is 7.01. The molecule has 0 aromatic carbocycles. The molecule has 1 saturated heterocycles. The number of hydrogen-bond acceptors (Lipinski definition) is 5. The van der Waals surface area contributed by atoms with Gasteiger partial charge in [0.05, 0.1) is 6.61 Å². The Hall–Kier alpha value is -0.470. The van der Waals surface area contributed by atoms with Gasteiger partial charge in [0.1, 0.15) is 4.21 Å². The van der Waals surface area contributed by atoms with E-state index in [1.807, 2.05) is 6.07 Å². The van der Waals surface area contributed by atoms with Crippen molar-refractivity contribution in [3.05, 3.63) is 17.0 Å². The van der Waals surface area contributed by atoms with Crippen LogP contribution in [-0.4, -0.2) is 40.8 Å². The second kappa shape index (κ2) is 7.51. The van der Waals surface area contributed by atoms with Crippen LogP contribution in [0.4, 0.5) is 0 Å². The molecule has 1 aliphatic heterocycles. The van der Waals surface area contributed by atoms with Gasteiger partial charge in [0, 0.05) is 17.5 Å². The van der Waals surface area contributed by atoms with E-state index < -0.39 is 10.0 Å². The van der Waals surface area contributed by atoms with Gasteiger partial charge in [-0.2, -0.15) is 0 Å². The van der Waals surface area contributed by atoms with E-state index in [1.165, 1.54) is 11.3 Å². The third-order valence-electron chi connectivity index (χ3n) is 3.13. The van der Waals surface area contributed by atoms with Crippen LogP contribution in [0.1, 0.15) is 24.6 Å². The molecule has 1 unspecified atom stereocenters. The van der Waals surface area contributed by atoms with E-state index in [2.05, 4.69) is 17.0 Å². The van der Waals surface area contributed by atoms with Crippen LogP contribution in [0.15, 0.2) is 16.3 Å². The average molecular weight is 318 g/mol. The van der Waals surface area contributed by atoms with E-state index >= 15 is 0 Å². The van der Waals surface area contributed by atoms with Crippen LogP contribution in [0.2, 0.25) is 0 Å². The van der Waals surface area contributed by atoms with E-state index in [0.717, 1.165) is 37.2 Å². The summed E-state index contributed by atoms with van der Waals surface area (Å²) in [6.07, 6.45) is 2.72. The SMILES string of the molecule is CCCNCCc1ccc(S(=O)(=O)NC2CCOC2)s1. The van der Waals surface area contributed by atoms with Gasteiger partial charge in [-0.25, -0.2) is 13.1 Å². The average Bonchev–Trinajstić information content (AvgIpc) is 3.05. The summed E-state index contributed by atoms with van der Waals surface area (Å²) in [6, 6.07) is 3.51. The lowest BCUT2D eigenvalue weighted by molar-refractivity contribution is 0.192. The standard InChI is InChI=1S/C13H22N2O3S2/c1-2-7-14-8-5-12-3-4-13(19-12)20(16,17)15-11-6-9-18-10-11/h3-4,11,14-15H,2,5-10H2,1H3. The highest BCUT2D eigenvalue weighted by atomic mass is 32.2. The van der Waals surface area contributed by atoms with Crippen molar-refractivity contribution >= 4 is 21.4 Å². The molecule has 0 aliphatic carbocycles. The Labute approximate surface area is 124 Å². The van der Waals surface area contributed by atoms with E-state index in [-0.39, 0.29) is 6.04 Å². The highest BCUT2D eigenvalue weighted by Crippen LogP contribution is 2.22. The second-order valence-corrected chi connectivity index (χ2v) is 8.01. The number of sulfonamides is 1. The molecule has 7 heteroatoms.